The Hall–Kier alpha value is -6.28. The Morgan fingerprint density at radius 2 is 0.923 bits per heavy atom. The lowest BCUT2D eigenvalue weighted by molar-refractivity contribution is 0.663. The van der Waals surface area contributed by atoms with E-state index in [1.807, 2.05) is 0 Å². The van der Waals surface area contributed by atoms with E-state index in [9.17, 15) is 0 Å². The summed E-state index contributed by atoms with van der Waals surface area (Å²) < 4.78 is 0.552. The normalized spacial score (nSPS) is 14.7. The van der Waals surface area contributed by atoms with E-state index in [1.54, 1.807) is 0 Å². The van der Waals surface area contributed by atoms with Crippen LogP contribution in [-0.4, -0.2) is 0 Å². The molecule has 0 N–H and O–H groups in total. The molecule has 1 heterocycles. The van der Waals surface area contributed by atoms with Crippen LogP contribution in [0.1, 0.15) is 25.0 Å². The van der Waals surface area contributed by atoms with E-state index < -0.39 is 0 Å². The van der Waals surface area contributed by atoms with Crippen molar-refractivity contribution >= 4 is 55.1 Å². The lowest BCUT2D eigenvalue weighted by atomic mass is 9.80. The van der Waals surface area contributed by atoms with Crippen molar-refractivity contribution in [2.45, 2.75) is 19.3 Å². The van der Waals surface area contributed by atoms with Crippen LogP contribution in [0.5, 0.6) is 0 Å². The first-order valence-electron chi connectivity index (χ1n) is 18.3. The molecular weight excluding hydrogens is 627 g/mol. The molecule has 0 amide bonds. The van der Waals surface area contributed by atoms with Crippen LogP contribution >= 0.6 is 0 Å². The summed E-state index contributed by atoms with van der Waals surface area (Å²) in [6.07, 6.45) is 0. The second-order valence-corrected chi connectivity index (χ2v) is 15.1. The van der Waals surface area contributed by atoms with E-state index in [0.29, 0.717) is 4.48 Å². The highest BCUT2D eigenvalue weighted by Gasteiger charge is 2.48. The first-order chi connectivity index (χ1) is 25.5. The second kappa shape index (κ2) is 10.6. The summed E-state index contributed by atoms with van der Waals surface area (Å²) >= 11 is 0. The van der Waals surface area contributed by atoms with Gasteiger partial charge in [-0.05, 0) is 102 Å². The van der Waals surface area contributed by atoms with Gasteiger partial charge in [-0.3, -0.25) is 0 Å². The maximum Gasteiger partial charge on any atom is 0.156 e. The predicted octanol–water partition coefficient (Wildman–Crippen LogP) is 14.4. The molecule has 1 nitrogen and oxygen atoms in total. The number of fused-ring (bicyclic) bond motifs is 4. The fraction of sp³-hybridized carbons (Fsp3) is 0.0588. The minimum atomic E-state index is -0.155. The molecule has 1 aliphatic carbocycles. The minimum absolute atomic E-state index is 0.155. The predicted molar refractivity (Wildman–Crippen MR) is 221 cm³/mol. The van der Waals surface area contributed by atoms with Crippen LogP contribution in [0.15, 0.2) is 182 Å². The van der Waals surface area contributed by atoms with Crippen molar-refractivity contribution in [3.05, 3.63) is 193 Å². The van der Waals surface area contributed by atoms with Crippen molar-refractivity contribution in [3.8, 4) is 33.4 Å². The van der Waals surface area contributed by atoms with Gasteiger partial charge in [0, 0.05) is 41.8 Å². The molecule has 0 aromatic heterocycles. The molecule has 1 aliphatic heterocycles. The van der Waals surface area contributed by atoms with Crippen LogP contribution in [0.25, 0.3) is 65.7 Å². The van der Waals surface area contributed by atoms with Crippen molar-refractivity contribution in [2.75, 3.05) is 0 Å². The standard InChI is InChI=1S/C51H36N/c1-51(2)45-30-37(28-35-24-25-36-29-38(31-46(51)50(36)49(35)45)42-22-13-15-33-14-9-10-20-41(33)42)34-26-27-44-43-21-11-12-23-47(43)52(48(44)32-34,39-16-5-3-6-17-39)40-18-7-4-8-19-40/h3-32H,1-2H3/q+1. The number of quaternary nitrogens is 1. The van der Waals surface area contributed by atoms with Crippen molar-refractivity contribution in [1.29, 1.82) is 0 Å². The summed E-state index contributed by atoms with van der Waals surface area (Å²) in [6.45, 7) is 4.83. The molecule has 9 aromatic rings. The summed E-state index contributed by atoms with van der Waals surface area (Å²) in [6, 6.07) is 68.0. The molecular formula is C51H36N+. The Bertz CT molecular complexity index is 2870. The van der Waals surface area contributed by atoms with E-state index in [-0.39, 0.29) is 5.41 Å². The minimum Gasteiger partial charge on any atom is -0.193 e. The summed E-state index contributed by atoms with van der Waals surface area (Å²) in [7, 11) is 0. The van der Waals surface area contributed by atoms with Crippen LogP contribution in [-0.2, 0) is 5.41 Å². The average molecular weight is 663 g/mol. The van der Waals surface area contributed by atoms with Crippen LogP contribution in [0.4, 0.5) is 22.7 Å². The Morgan fingerprint density at radius 3 is 1.65 bits per heavy atom. The molecule has 0 spiro atoms. The van der Waals surface area contributed by atoms with Gasteiger partial charge in [-0.25, -0.2) is 0 Å². The van der Waals surface area contributed by atoms with Gasteiger partial charge in [0.05, 0.1) is 11.1 Å². The van der Waals surface area contributed by atoms with Crippen LogP contribution in [0, 0.1) is 0 Å². The summed E-state index contributed by atoms with van der Waals surface area (Å²) in [5.41, 5.74) is 15.3. The van der Waals surface area contributed by atoms with Gasteiger partial charge in [0.15, 0.2) is 11.4 Å². The fourth-order valence-electron chi connectivity index (χ4n) is 9.61. The quantitative estimate of drug-likeness (QED) is 0.130. The van der Waals surface area contributed by atoms with Gasteiger partial charge in [0.2, 0.25) is 0 Å². The number of benzene rings is 9. The zero-order valence-corrected chi connectivity index (χ0v) is 29.3. The molecule has 52 heavy (non-hydrogen) atoms. The average Bonchev–Trinajstić information content (AvgIpc) is 3.63. The van der Waals surface area contributed by atoms with Crippen LogP contribution < -0.4 is 4.48 Å². The maximum atomic E-state index is 2.49. The monoisotopic (exact) mass is 662 g/mol. The van der Waals surface area contributed by atoms with Gasteiger partial charge in [-0.15, -0.1) is 0 Å². The lowest BCUT2D eigenvalue weighted by Gasteiger charge is -2.34. The van der Waals surface area contributed by atoms with Crippen molar-refractivity contribution < 1.29 is 0 Å². The Balaban J connectivity index is 1.12. The van der Waals surface area contributed by atoms with Gasteiger partial charge in [0.25, 0.3) is 0 Å². The SMILES string of the molecule is CC1(C)c2cc(-c3ccc4c(c3)[N+](c3ccccc3)(c3ccccc3)c3ccccc3-4)cc3ccc4cc(-c5cccc6ccccc56)cc1c4c23. The molecule has 0 radical (unpaired) electrons. The van der Waals surface area contributed by atoms with Gasteiger partial charge in [0.1, 0.15) is 11.4 Å². The largest absolute Gasteiger partial charge is 0.193 e. The summed E-state index contributed by atoms with van der Waals surface area (Å²) in [4.78, 5) is 0. The van der Waals surface area contributed by atoms with Crippen LogP contribution in [0.3, 0.4) is 0 Å². The molecule has 9 aromatic carbocycles. The molecule has 0 unspecified atom stereocenters. The van der Waals surface area contributed by atoms with Crippen molar-refractivity contribution in [3.63, 3.8) is 0 Å². The highest BCUT2D eigenvalue weighted by atomic mass is 15.4. The van der Waals surface area contributed by atoms with Gasteiger partial charge in [-0.1, -0.05) is 123 Å². The molecule has 11 rings (SSSR count). The highest BCUT2D eigenvalue weighted by molar-refractivity contribution is 6.17. The smallest absolute Gasteiger partial charge is 0.156 e. The lowest BCUT2D eigenvalue weighted by Crippen LogP contribution is -2.31. The number of para-hydroxylation sites is 3. The highest BCUT2D eigenvalue weighted by Crippen LogP contribution is 2.63. The molecule has 1 heteroatoms. The maximum absolute atomic E-state index is 2.49. The van der Waals surface area contributed by atoms with E-state index in [2.05, 4.69) is 196 Å². The van der Waals surface area contributed by atoms with Gasteiger partial charge < -0.3 is 0 Å². The number of hydrogen-bond donors (Lipinski definition) is 0. The third-order valence-corrected chi connectivity index (χ3v) is 12.0. The van der Waals surface area contributed by atoms with Crippen molar-refractivity contribution in [1.82, 2.24) is 4.48 Å². The van der Waals surface area contributed by atoms with E-state index in [1.165, 1.54) is 99.6 Å². The topological polar surface area (TPSA) is 0 Å². The molecule has 0 atom stereocenters. The molecule has 2 aliphatic rings. The van der Waals surface area contributed by atoms with E-state index in [4.69, 9.17) is 0 Å². The third-order valence-electron chi connectivity index (χ3n) is 12.0. The molecule has 0 fully saturated rings. The van der Waals surface area contributed by atoms with Crippen molar-refractivity contribution in [2.24, 2.45) is 0 Å². The zero-order valence-electron chi connectivity index (χ0n) is 29.3. The summed E-state index contributed by atoms with van der Waals surface area (Å²) in [5, 5.41) is 8.00. The van der Waals surface area contributed by atoms with Gasteiger partial charge in [-0.2, -0.15) is 4.48 Å². The molecule has 0 saturated carbocycles. The Morgan fingerprint density at radius 1 is 0.365 bits per heavy atom. The first-order valence-corrected chi connectivity index (χ1v) is 18.3. The first kappa shape index (κ1) is 29.5. The van der Waals surface area contributed by atoms with E-state index in [0.717, 1.165) is 0 Å². The Labute approximate surface area is 304 Å². The number of hydrogen-bond acceptors (Lipinski definition) is 0. The van der Waals surface area contributed by atoms with Crippen LogP contribution in [0.2, 0.25) is 0 Å². The van der Waals surface area contributed by atoms with Gasteiger partial charge >= 0.3 is 0 Å². The number of nitrogens with zero attached hydrogens (tertiary/aromatic N) is 1. The summed E-state index contributed by atoms with van der Waals surface area (Å²) in [5.74, 6) is 0. The zero-order chi connectivity index (χ0) is 34.6. The second-order valence-electron chi connectivity index (χ2n) is 15.1. The van der Waals surface area contributed by atoms with E-state index >= 15 is 0 Å². The third kappa shape index (κ3) is 3.86. The number of rotatable bonds is 4. The molecule has 0 bridgehead atoms. The fourth-order valence-corrected chi connectivity index (χ4v) is 9.61. The molecule has 244 valence electrons. The Kier molecular flexibility index (Phi) is 6.01. The molecule has 0 saturated heterocycles.